The third-order valence-corrected chi connectivity index (χ3v) is 4.67. The van der Waals surface area contributed by atoms with Crippen LogP contribution in [-0.2, 0) is 20.1 Å². The summed E-state index contributed by atoms with van der Waals surface area (Å²) in [5.74, 6) is 0. The van der Waals surface area contributed by atoms with Crippen LogP contribution < -0.4 is 5.32 Å². The highest BCUT2D eigenvalue weighted by molar-refractivity contribution is 7.09. The second-order valence-corrected chi connectivity index (χ2v) is 6.64. The predicted molar refractivity (Wildman–Crippen MR) is 82.9 cm³/mol. The molecule has 2 aromatic heterocycles. The maximum Gasteiger partial charge on any atom is 0.114 e. The number of halogens is 1. The van der Waals surface area contributed by atoms with E-state index in [0.717, 1.165) is 24.6 Å². The van der Waals surface area contributed by atoms with E-state index < -0.39 is 6.17 Å². The van der Waals surface area contributed by atoms with Crippen LogP contribution in [-0.4, -0.2) is 39.8 Å². The van der Waals surface area contributed by atoms with E-state index in [-0.39, 0.29) is 6.04 Å². The SMILES string of the molecule is Cn1ccc(CNC[C@@H]2C[C@H](F)CN2Cc2nccs2)c1. The topological polar surface area (TPSA) is 33.1 Å². The first-order valence-corrected chi connectivity index (χ1v) is 8.16. The van der Waals surface area contributed by atoms with E-state index in [2.05, 4.69) is 27.5 Å². The number of rotatable bonds is 6. The van der Waals surface area contributed by atoms with Gasteiger partial charge in [0.25, 0.3) is 0 Å². The molecule has 2 atom stereocenters. The Kier molecular flexibility index (Phi) is 4.67. The van der Waals surface area contributed by atoms with Crippen LogP contribution in [0, 0.1) is 0 Å². The van der Waals surface area contributed by atoms with Gasteiger partial charge in [0.2, 0.25) is 0 Å². The van der Waals surface area contributed by atoms with Crippen LogP contribution in [0.3, 0.4) is 0 Å². The van der Waals surface area contributed by atoms with Crippen LogP contribution in [0.15, 0.2) is 30.0 Å². The molecular weight excluding hydrogens is 287 g/mol. The van der Waals surface area contributed by atoms with E-state index in [1.165, 1.54) is 5.56 Å². The minimum atomic E-state index is -0.714. The minimum Gasteiger partial charge on any atom is -0.357 e. The molecular formula is C15H21FN4S. The van der Waals surface area contributed by atoms with Crippen molar-refractivity contribution in [1.82, 2.24) is 19.8 Å². The standard InChI is InChI=1S/C15H21FN4S/c1-19-4-2-12(9-19)7-17-8-14-6-13(16)10-20(14)11-15-18-3-5-21-15/h2-5,9,13-14,17H,6-8,10-11H2,1H3/t13-,14-/m0/s1. The van der Waals surface area contributed by atoms with Gasteiger partial charge in [0.1, 0.15) is 11.2 Å². The van der Waals surface area contributed by atoms with Crippen molar-refractivity contribution in [1.29, 1.82) is 0 Å². The quantitative estimate of drug-likeness (QED) is 0.888. The van der Waals surface area contributed by atoms with Crippen LogP contribution in [0.1, 0.15) is 17.0 Å². The number of alkyl halides is 1. The van der Waals surface area contributed by atoms with Crippen molar-refractivity contribution < 1.29 is 4.39 Å². The summed E-state index contributed by atoms with van der Waals surface area (Å²) in [6, 6.07) is 2.36. The summed E-state index contributed by atoms with van der Waals surface area (Å²) in [5.41, 5.74) is 1.26. The lowest BCUT2D eigenvalue weighted by atomic mass is 10.2. The van der Waals surface area contributed by atoms with Gasteiger partial charge in [0.05, 0.1) is 6.54 Å². The Morgan fingerprint density at radius 3 is 3.14 bits per heavy atom. The summed E-state index contributed by atoms with van der Waals surface area (Å²) in [5, 5.41) is 6.49. The average Bonchev–Trinajstić information content (AvgIpc) is 3.15. The average molecular weight is 308 g/mol. The lowest BCUT2D eigenvalue weighted by molar-refractivity contribution is 0.230. The molecule has 114 valence electrons. The maximum atomic E-state index is 13.7. The van der Waals surface area contributed by atoms with Gasteiger partial charge in [-0.05, 0) is 18.1 Å². The second-order valence-electron chi connectivity index (χ2n) is 5.66. The number of aromatic nitrogens is 2. The maximum absolute atomic E-state index is 13.7. The highest BCUT2D eigenvalue weighted by Crippen LogP contribution is 2.23. The summed E-state index contributed by atoms with van der Waals surface area (Å²) in [4.78, 5) is 6.51. The number of likely N-dealkylation sites (tertiary alicyclic amines) is 1. The molecule has 0 unspecified atom stereocenters. The van der Waals surface area contributed by atoms with Crippen molar-refractivity contribution in [2.75, 3.05) is 13.1 Å². The molecule has 0 aliphatic carbocycles. The lowest BCUT2D eigenvalue weighted by Crippen LogP contribution is -2.37. The zero-order chi connectivity index (χ0) is 14.7. The fourth-order valence-electron chi connectivity index (χ4n) is 2.88. The molecule has 1 saturated heterocycles. The van der Waals surface area contributed by atoms with Crippen LogP contribution in [0.4, 0.5) is 4.39 Å². The molecule has 0 aromatic carbocycles. The monoisotopic (exact) mass is 308 g/mol. The van der Waals surface area contributed by atoms with Crippen molar-refractivity contribution in [3.05, 3.63) is 40.6 Å². The van der Waals surface area contributed by atoms with E-state index in [4.69, 9.17) is 0 Å². The molecule has 1 N–H and O–H groups in total. The zero-order valence-electron chi connectivity index (χ0n) is 12.2. The molecule has 1 aliphatic heterocycles. The van der Waals surface area contributed by atoms with E-state index >= 15 is 0 Å². The summed E-state index contributed by atoms with van der Waals surface area (Å²) in [7, 11) is 2.02. The zero-order valence-corrected chi connectivity index (χ0v) is 13.0. The largest absolute Gasteiger partial charge is 0.357 e. The predicted octanol–water partition coefficient (Wildman–Crippen LogP) is 2.18. The normalized spacial score (nSPS) is 23.0. The summed E-state index contributed by atoms with van der Waals surface area (Å²) in [6.07, 6.45) is 5.86. The first kappa shape index (κ1) is 14.7. The molecule has 3 heterocycles. The first-order chi connectivity index (χ1) is 10.2. The lowest BCUT2D eigenvalue weighted by Gasteiger charge is -2.23. The van der Waals surface area contributed by atoms with Gasteiger partial charge in [-0.1, -0.05) is 0 Å². The van der Waals surface area contributed by atoms with Gasteiger partial charge in [-0.15, -0.1) is 11.3 Å². The molecule has 21 heavy (non-hydrogen) atoms. The second kappa shape index (κ2) is 6.68. The van der Waals surface area contributed by atoms with Gasteiger partial charge in [0.15, 0.2) is 0 Å². The Balaban J connectivity index is 1.50. The Bertz CT molecular complexity index is 554. The molecule has 0 amide bonds. The van der Waals surface area contributed by atoms with Crippen molar-refractivity contribution >= 4 is 11.3 Å². The molecule has 0 spiro atoms. The highest BCUT2D eigenvalue weighted by atomic mass is 32.1. The minimum absolute atomic E-state index is 0.257. The molecule has 4 nitrogen and oxygen atoms in total. The third-order valence-electron chi connectivity index (χ3n) is 3.90. The van der Waals surface area contributed by atoms with Crippen LogP contribution >= 0.6 is 11.3 Å². The van der Waals surface area contributed by atoms with E-state index in [1.54, 1.807) is 11.3 Å². The number of hydrogen-bond donors (Lipinski definition) is 1. The molecule has 0 bridgehead atoms. The molecule has 6 heteroatoms. The summed E-state index contributed by atoms with van der Waals surface area (Å²) >= 11 is 1.64. The van der Waals surface area contributed by atoms with Crippen LogP contribution in [0.25, 0.3) is 0 Å². The van der Waals surface area contributed by atoms with Crippen molar-refractivity contribution in [3.63, 3.8) is 0 Å². The fraction of sp³-hybridized carbons (Fsp3) is 0.533. The summed E-state index contributed by atoms with van der Waals surface area (Å²) in [6.45, 7) is 2.94. The van der Waals surface area contributed by atoms with Crippen LogP contribution in [0.5, 0.6) is 0 Å². The molecule has 0 saturated carbocycles. The third kappa shape index (κ3) is 3.90. The number of nitrogens with one attached hydrogen (secondary N) is 1. The van der Waals surface area contributed by atoms with Crippen molar-refractivity contribution in [2.45, 2.75) is 31.7 Å². The number of nitrogens with zero attached hydrogens (tertiary/aromatic N) is 3. The van der Waals surface area contributed by atoms with Gasteiger partial charge in [0, 0.05) is 56.7 Å². The molecule has 3 rings (SSSR count). The van der Waals surface area contributed by atoms with Gasteiger partial charge in [-0.2, -0.15) is 0 Å². The van der Waals surface area contributed by atoms with Crippen molar-refractivity contribution in [2.24, 2.45) is 7.05 Å². The summed E-state index contributed by atoms with van der Waals surface area (Å²) < 4.78 is 15.8. The molecule has 2 aromatic rings. The van der Waals surface area contributed by atoms with Gasteiger partial charge < -0.3 is 9.88 Å². The number of thiazole rings is 1. The van der Waals surface area contributed by atoms with Gasteiger partial charge in [-0.3, -0.25) is 4.90 Å². The number of hydrogen-bond acceptors (Lipinski definition) is 4. The Labute approximate surface area is 128 Å². The highest BCUT2D eigenvalue weighted by Gasteiger charge is 2.32. The molecule has 1 fully saturated rings. The smallest absolute Gasteiger partial charge is 0.114 e. The van der Waals surface area contributed by atoms with E-state index in [9.17, 15) is 4.39 Å². The Hall–Kier alpha value is -1.24. The Morgan fingerprint density at radius 1 is 1.52 bits per heavy atom. The molecule has 0 radical (unpaired) electrons. The van der Waals surface area contributed by atoms with E-state index in [0.29, 0.717) is 13.0 Å². The Morgan fingerprint density at radius 2 is 2.43 bits per heavy atom. The van der Waals surface area contributed by atoms with Gasteiger partial charge >= 0.3 is 0 Å². The molecule has 1 aliphatic rings. The van der Waals surface area contributed by atoms with Gasteiger partial charge in [-0.25, -0.2) is 9.37 Å². The van der Waals surface area contributed by atoms with Crippen LogP contribution in [0.2, 0.25) is 0 Å². The first-order valence-electron chi connectivity index (χ1n) is 7.29. The fourth-order valence-corrected chi connectivity index (χ4v) is 3.52. The number of aryl methyl sites for hydroxylation is 1. The van der Waals surface area contributed by atoms with E-state index in [1.807, 2.05) is 29.4 Å². The van der Waals surface area contributed by atoms with Crippen molar-refractivity contribution in [3.8, 4) is 0 Å².